The molecule has 0 spiro atoms. The highest BCUT2D eigenvalue weighted by atomic mass is 16.6. The second-order valence-corrected chi connectivity index (χ2v) is 8.51. The van der Waals surface area contributed by atoms with Gasteiger partial charge in [-0.05, 0) is 36.2 Å². The van der Waals surface area contributed by atoms with Gasteiger partial charge in [-0.15, -0.1) is 0 Å². The van der Waals surface area contributed by atoms with E-state index in [4.69, 9.17) is 9.47 Å². The monoisotopic (exact) mass is 481 g/mol. The number of carbonyl (C=O) groups excluding carboxylic acids is 1. The molecular formula is C29H27N3O4. The first kappa shape index (κ1) is 23.4. The maximum atomic E-state index is 13.4. The Bertz CT molecular complexity index is 1450. The summed E-state index contributed by atoms with van der Waals surface area (Å²) in [5.74, 6) is 1.28. The molecule has 5 rings (SSSR count). The van der Waals surface area contributed by atoms with Crippen molar-refractivity contribution in [2.45, 2.75) is 19.4 Å². The molecule has 0 N–H and O–H groups in total. The third-order valence-electron chi connectivity index (χ3n) is 6.06. The van der Waals surface area contributed by atoms with E-state index in [0.717, 1.165) is 11.3 Å². The van der Waals surface area contributed by atoms with Crippen LogP contribution >= 0.6 is 0 Å². The van der Waals surface area contributed by atoms with Gasteiger partial charge >= 0.3 is 0 Å². The van der Waals surface area contributed by atoms with Gasteiger partial charge in [-0.1, -0.05) is 54.6 Å². The molecule has 0 saturated heterocycles. The lowest BCUT2D eigenvalue weighted by molar-refractivity contribution is -0.118. The molecule has 1 aromatic heterocycles. The molecular weight excluding hydrogens is 454 g/mol. The van der Waals surface area contributed by atoms with Crippen LogP contribution in [-0.4, -0.2) is 35.2 Å². The van der Waals surface area contributed by atoms with E-state index in [0.29, 0.717) is 55.1 Å². The highest BCUT2D eigenvalue weighted by Crippen LogP contribution is 2.34. The van der Waals surface area contributed by atoms with Crippen LogP contribution in [0, 0.1) is 0 Å². The number of para-hydroxylation sites is 1. The Hall–Kier alpha value is -4.39. The minimum atomic E-state index is -0.0949. The van der Waals surface area contributed by atoms with Crippen molar-refractivity contribution in [3.63, 3.8) is 0 Å². The average molecular weight is 482 g/mol. The molecule has 182 valence electrons. The van der Waals surface area contributed by atoms with Gasteiger partial charge in [0.1, 0.15) is 13.2 Å². The normalized spacial score (nSPS) is 12.7. The molecule has 36 heavy (non-hydrogen) atoms. The number of aromatic nitrogens is 2. The highest BCUT2D eigenvalue weighted by Gasteiger charge is 2.19. The molecule has 0 unspecified atom stereocenters. The number of aryl methyl sites for hydroxylation is 1. The van der Waals surface area contributed by atoms with Crippen molar-refractivity contribution in [1.82, 2.24) is 9.55 Å². The summed E-state index contributed by atoms with van der Waals surface area (Å²) in [7, 11) is 0. The topological polar surface area (TPSA) is 73.7 Å². The first-order chi connectivity index (χ1) is 17.7. The second-order valence-electron chi connectivity index (χ2n) is 8.51. The number of hydrogen-bond acceptors (Lipinski definition) is 5. The van der Waals surface area contributed by atoms with Gasteiger partial charge in [-0.2, -0.15) is 0 Å². The van der Waals surface area contributed by atoms with Crippen LogP contribution in [-0.2, 0) is 11.3 Å². The fraction of sp³-hybridized carbons (Fsp3) is 0.207. The van der Waals surface area contributed by atoms with Crippen molar-refractivity contribution >= 4 is 28.6 Å². The lowest BCUT2D eigenvalue weighted by Gasteiger charge is -2.24. The first-order valence-electron chi connectivity index (χ1n) is 12.0. The Kier molecular flexibility index (Phi) is 7.07. The molecule has 0 bridgehead atoms. The van der Waals surface area contributed by atoms with Crippen LogP contribution in [0.2, 0.25) is 0 Å². The Labute approximate surface area is 209 Å². The number of anilines is 1. The number of hydrogen-bond donors (Lipinski definition) is 0. The van der Waals surface area contributed by atoms with Gasteiger partial charge in [0.15, 0.2) is 11.5 Å². The quantitative estimate of drug-likeness (QED) is 0.365. The maximum Gasteiger partial charge on any atom is 0.261 e. The Balaban J connectivity index is 1.31. The van der Waals surface area contributed by atoms with E-state index < -0.39 is 0 Å². The molecule has 0 saturated carbocycles. The minimum Gasteiger partial charge on any atom is -0.486 e. The van der Waals surface area contributed by atoms with Crippen LogP contribution in [0.4, 0.5) is 5.69 Å². The number of amides is 1. The fourth-order valence-electron chi connectivity index (χ4n) is 4.21. The van der Waals surface area contributed by atoms with Crippen LogP contribution < -0.4 is 19.9 Å². The molecule has 3 aromatic carbocycles. The zero-order chi connectivity index (χ0) is 24.7. The van der Waals surface area contributed by atoms with Gasteiger partial charge in [0.05, 0.1) is 17.2 Å². The standard InChI is InChI=1S/C29H27N3O4/c33-28(13-7-16-31-21-30-25-12-5-4-11-24(25)29(31)34)32(17-6-10-22-8-2-1-3-9-22)23-14-15-26-27(20-23)36-19-18-35-26/h1-6,8-12,14-15,20-21H,7,13,16-19H2/b10-6+. The SMILES string of the molecule is O=C(CCCn1cnc2ccccc2c1=O)N(C/C=C/c1ccccc1)c1ccc2c(c1)OCCO2. The van der Waals surface area contributed by atoms with Crippen LogP contribution in [0.3, 0.4) is 0 Å². The number of ether oxygens (including phenoxy) is 2. The smallest absolute Gasteiger partial charge is 0.261 e. The van der Waals surface area contributed by atoms with E-state index in [1.54, 1.807) is 21.9 Å². The summed E-state index contributed by atoms with van der Waals surface area (Å²) >= 11 is 0. The predicted octanol–water partition coefficient (Wildman–Crippen LogP) is 4.69. The molecule has 0 atom stereocenters. The third-order valence-corrected chi connectivity index (χ3v) is 6.06. The van der Waals surface area contributed by atoms with Gasteiger partial charge in [0.2, 0.25) is 5.91 Å². The van der Waals surface area contributed by atoms with E-state index in [9.17, 15) is 9.59 Å². The van der Waals surface area contributed by atoms with Crippen LogP contribution in [0.15, 0.2) is 90.0 Å². The molecule has 0 aliphatic carbocycles. The van der Waals surface area contributed by atoms with Gasteiger partial charge in [0.25, 0.3) is 5.56 Å². The van der Waals surface area contributed by atoms with E-state index in [-0.39, 0.29) is 17.9 Å². The average Bonchev–Trinajstić information content (AvgIpc) is 2.93. The number of rotatable bonds is 8. The molecule has 7 nitrogen and oxygen atoms in total. The number of benzene rings is 3. The zero-order valence-corrected chi connectivity index (χ0v) is 19.9. The summed E-state index contributed by atoms with van der Waals surface area (Å²) in [5, 5.41) is 0.579. The molecule has 1 amide bonds. The maximum absolute atomic E-state index is 13.4. The molecule has 7 heteroatoms. The summed E-state index contributed by atoms with van der Waals surface area (Å²) in [6, 6.07) is 22.8. The van der Waals surface area contributed by atoms with Gasteiger partial charge < -0.3 is 14.4 Å². The Morgan fingerprint density at radius 1 is 0.972 bits per heavy atom. The minimum absolute atomic E-state index is 0.0359. The van der Waals surface area contributed by atoms with E-state index in [1.807, 2.05) is 78.9 Å². The Morgan fingerprint density at radius 3 is 2.61 bits per heavy atom. The molecule has 1 aliphatic heterocycles. The first-order valence-corrected chi connectivity index (χ1v) is 12.0. The number of fused-ring (bicyclic) bond motifs is 2. The van der Waals surface area contributed by atoms with Crippen LogP contribution in [0.5, 0.6) is 11.5 Å². The van der Waals surface area contributed by atoms with Crippen molar-refractivity contribution in [1.29, 1.82) is 0 Å². The van der Waals surface area contributed by atoms with Crippen LogP contribution in [0.1, 0.15) is 18.4 Å². The summed E-state index contributed by atoms with van der Waals surface area (Å²) < 4.78 is 12.9. The van der Waals surface area contributed by atoms with E-state index in [1.165, 1.54) is 0 Å². The van der Waals surface area contributed by atoms with Crippen molar-refractivity contribution in [2.24, 2.45) is 0 Å². The third kappa shape index (κ3) is 5.30. The summed E-state index contributed by atoms with van der Waals surface area (Å²) in [5.41, 5.74) is 2.38. The van der Waals surface area contributed by atoms with E-state index in [2.05, 4.69) is 4.98 Å². The molecule has 2 heterocycles. The summed E-state index contributed by atoms with van der Waals surface area (Å²) in [6.45, 7) is 1.81. The largest absolute Gasteiger partial charge is 0.486 e. The highest BCUT2D eigenvalue weighted by molar-refractivity contribution is 5.94. The van der Waals surface area contributed by atoms with E-state index >= 15 is 0 Å². The van der Waals surface area contributed by atoms with Crippen molar-refractivity contribution in [3.05, 3.63) is 101 Å². The molecule has 1 aliphatic rings. The fourth-order valence-corrected chi connectivity index (χ4v) is 4.21. The summed E-state index contributed by atoms with van der Waals surface area (Å²) in [4.78, 5) is 32.2. The lowest BCUT2D eigenvalue weighted by atomic mass is 10.2. The zero-order valence-electron chi connectivity index (χ0n) is 19.9. The number of carbonyl (C=O) groups is 1. The lowest BCUT2D eigenvalue weighted by Crippen LogP contribution is -2.31. The second kappa shape index (κ2) is 10.9. The summed E-state index contributed by atoms with van der Waals surface area (Å²) in [6.07, 6.45) is 6.33. The number of nitrogens with zero attached hydrogens (tertiary/aromatic N) is 3. The van der Waals surface area contributed by atoms with Gasteiger partial charge in [0, 0.05) is 31.3 Å². The van der Waals surface area contributed by atoms with Gasteiger partial charge in [-0.3, -0.25) is 14.2 Å². The van der Waals surface area contributed by atoms with Crippen LogP contribution in [0.25, 0.3) is 17.0 Å². The molecule has 4 aromatic rings. The van der Waals surface area contributed by atoms with Crippen molar-refractivity contribution in [3.8, 4) is 11.5 Å². The Morgan fingerprint density at radius 2 is 1.75 bits per heavy atom. The molecule has 0 fully saturated rings. The molecule has 0 radical (unpaired) electrons. The van der Waals surface area contributed by atoms with Gasteiger partial charge in [-0.25, -0.2) is 4.98 Å². The predicted molar refractivity (Wildman–Crippen MR) is 140 cm³/mol. The van der Waals surface area contributed by atoms with Crippen molar-refractivity contribution in [2.75, 3.05) is 24.7 Å². The van der Waals surface area contributed by atoms with Crippen molar-refractivity contribution < 1.29 is 14.3 Å².